The van der Waals surface area contributed by atoms with E-state index in [0.29, 0.717) is 35.3 Å². The Morgan fingerprint density at radius 1 is 1.21 bits per heavy atom. The molecule has 1 saturated heterocycles. The van der Waals surface area contributed by atoms with Crippen LogP contribution in [0.1, 0.15) is 39.3 Å². The van der Waals surface area contributed by atoms with E-state index in [1.807, 2.05) is 47.4 Å². The van der Waals surface area contributed by atoms with Crippen LogP contribution in [0.3, 0.4) is 0 Å². The molecule has 0 spiro atoms. The summed E-state index contributed by atoms with van der Waals surface area (Å²) < 4.78 is 5.58. The number of halogens is 1. The van der Waals surface area contributed by atoms with E-state index >= 15 is 0 Å². The number of ether oxygens (including phenoxy) is 1. The van der Waals surface area contributed by atoms with Gasteiger partial charge in [-0.3, -0.25) is 9.59 Å². The van der Waals surface area contributed by atoms with Crippen molar-refractivity contribution in [1.29, 1.82) is 0 Å². The number of hydrogen-bond acceptors (Lipinski definition) is 5. The number of benzene rings is 2. The first-order valence-electron chi connectivity index (χ1n) is 11.1. The highest BCUT2D eigenvalue weighted by Gasteiger charge is 2.54. The number of carbonyl (C=O) groups excluding carboxylic acids is 2. The Morgan fingerprint density at radius 3 is 2.97 bits per heavy atom. The van der Waals surface area contributed by atoms with Crippen LogP contribution in [0.4, 0.5) is 0 Å². The topological polar surface area (TPSA) is 71.5 Å². The fourth-order valence-corrected chi connectivity index (χ4v) is 6.12. The Labute approximate surface area is 200 Å². The number of amides is 2. The van der Waals surface area contributed by atoms with Crippen molar-refractivity contribution in [3.63, 3.8) is 0 Å². The van der Waals surface area contributed by atoms with Gasteiger partial charge in [0, 0.05) is 35.2 Å². The van der Waals surface area contributed by atoms with E-state index in [1.54, 1.807) is 5.51 Å². The summed E-state index contributed by atoms with van der Waals surface area (Å²) in [5, 5.41) is 3.70. The van der Waals surface area contributed by atoms with E-state index in [-0.39, 0.29) is 23.9 Å². The molecule has 3 heterocycles. The van der Waals surface area contributed by atoms with Crippen LogP contribution in [0.15, 0.2) is 48.0 Å². The van der Waals surface area contributed by atoms with E-state index in [9.17, 15) is 9.59 Å². The zero-order valence-electron chi connectivity index (χ0n) is 17.8. The molecule has 2 amide bonds. The number of likely N-dealkylation sites (tertiary alicyclic amines) is 1. The third-order valence-corrected chi connectivity index (χ3v) is 7.90. The number of nitrogens with one attached hydrogen (secondary N) is 1. The zero-order chi connectivity index (χ0) is 22.5. The van der Waals surface area contributed by atoms with Gasteiger partial charge in [0.15, 0.2) is 0 Å². The maximum Gasteiger partial charge on any atom is 0.274 e. The van der Waals surface area contributed by atoms with Gasteiger partial charge in [-0.15, -0.1) is 11.3 Å². The van der Waals surface area contributed by atoms with Crippen molar-refractivity contribution in [1.82, 2.24) is 15.2 Å². The molecule has 2 fully saturated rings. The largest absolute Gasteiger partial charge is 0.493 e. The second kappa shape index (κ2) is 8.15. The molecule has 0 bridgehead atoms. The Hall–Kier alpha value is -2.90. The van der Waals surface area contributed by atoms with Crippen molar-refractivity contribution in [2.45, 2.75) is 31.3 Å². The SMILES string of the molecule is O=C(NC[C@@H]1C[C@@H]2C[C@@H]2N1C(=O)c1ncsc1-c1cccc(Cl)c1)c1cccc2c1CCO2. The smallest absolute Gasteiger partial charge is 0.274 e. The molecule has 1 N–H and O–H groups in total. The van der Waals surface area contributed by atoms with Gasteiger partial charge in [-0.1, -0.05) is 29.8 Å². The number of fused-ring (bicyclic) bond motifs is 2. The van der Waals surface area contributed by atoms with E-state index < -0.39 is 0 Å². The predicted octanol–water partition coefficient (Wildman–Crippen LogP) is 4.43. The molecule has 6 rings (SSSR count). The molecule has 1 saturated carbocycles. The molecule has 8 heteroatoms. The maximum absolute atomic E-state index is 13.6. The maximum atomic E-state index is 13.6. The minimum atomic E-state index is -0.112. The summed E-state index contributed by atoms with van der Waals surface area (Å²) >= 11 is 7.61. The van der Waals surface area contributed by atoms with Gasteiger partial charge in [0.25, 0.3) is 11.8 Å². The van der Waals surface area contributed by atoms with E-state index in [2.05, 4.69) is 10.3 Å². The first-order valence-corrected chi connectivity index (χ1v) is 12.4. The van der Waals surface area contributed by atoms with Crippen molar-refractivity contribution in [3.05, 3.63) is 69.8 Å². The van der Waals surface area contributed by atoms with Gasteiger partial charge in [0.2, 0.25) is 0 Å². The summed E-state index contributed by atoms with van der Waals surface area (Å²) in [6, 6.07) is 13.3. The highest BCUT2D eigenvalue weighted by molar-refractivity contribution is 7.13. The van der Waals surface area contributed by atoms with Crippen LogP contribution < -0.4 is 10.1 Å². The number of aromatic nitrogens is 1. The molecule has 6 nitrogen and oxygen atoms in total. The number of nitrogens with zero attached hydrogens (tertiary/aromatic N) is 2. The van der Waals surface area contributed by atoms with Crippen molar-refractivity contribution >= 4 is 34.8 Å². The van der Waals surface area contributed by atoms with Crippen molar-refractivity contribution in [2.24, 2.45) is 5.92 Å². The molecule has 2 aromatic carbocycles. The molecular formula is C25H22ClN3O3S. The molecule has 168 valence electrons. The molecule has 33 heavy (non-hydrogen) atoms. The van der Waals surface area contributed by atoms with Gasteiger partial charge < -0.3 is 15.0 Å². The molecule has 0 unspecified atom stereocenters. The average molecular weight is 480 g/mol. The summed E-state index contributed by atoms with van der Waals surface area (Å²) in [7, 11) is 0. The first-order chi connectivity index (χ1) is 16.1. The Bertz CT molecular complexity index is 1260. The normalized spacial score (nSPS) is 22.5. The lowest BCUT2D eigenvalue weighted by molar-refractivity contribution is 0.0684. The van der Waals surface area contributed by atoms with Crippen LogP contribution in [0.2, 0.25) is 5.02 Å². The molecule has 3 aliphatic rings. The predicted molar refractivity (Wildman–Crippen MR) is 127 cm³/mol. The quantitative estimate of drug-likeness (QED) is 0.587. The third kappa shape index (κ3) is 3.69. The summed E-state index contributed by atoms with van der Waals surface area (Å²) in [6.07, 6.45) is 2.67. The van der Waals surface area contributed by atoms with E-state index in [1.165, 1.54) is 11.3 Å². The van der Waals surface area contributed by atoms with Crippen molar-refractivity contribution in [2.75, 3.05) is 13.2 Å². The van der Waals surface area contributed by atoms with E-state index in [0.717, 1.165) is 41.0 Å². The van der Waals surface area contributed by atoms with Gasteiger partial charge in [0.1, 0.15) is 11.4 Å². The summed E-state index contributed by atoms with van der Waals surface area (Å²) in [6.45, 7) is 1.04. The van der Waals surface area contributed by atoms with Crippen LogP contribution in [-0.4, -0.2) is 46.9 Å². The highest BCUT2D eigenvalue weighted by atomic mass is 35.5. The standard InChI is InChI=1S/C25H22ClN3O3S/c26-16-4-1-3-14(9-16)23-22(28-13-33-23)25(31)29-17(10-15-11-20(15)29)12-27-24(30)19-5-2-6-21-18(19)7-8-32-21/h1-6,9,13,15,17,20H,7-8,10-12H2,(H,27,30)/t15-,17+,20+/m1/s1. The zero-order valence-corrected chi connectivity index (χ0v) is 19.4. The van der Waals surface area contributed by atoms with E-state index in [4.69, 9.17) is 16.3 Å². The molecule has 2 aliphatic heterocycles. The third-order valence-electron chi connectivity index (χ3n) is 6.79. The van der Waals surface area contributed by atoms with Gasteiger partial charge in [0.05, 0.1) is 23.0 Å². The Balaban J connectivity index is 1.20. The number of carbonyl (C=O) groups is 2. The number of thiazole rings is 1. The van der Waals surface area contributed by atoms with Gasteiger partial charge in [-0.05, 0) is 48.6 Å². The second-order valence-corrected chi connectivity index (χ2v) is 10.1. The summed E-state index contributed by atoms with van der Waals surface area (Å²) in [4.78, 5) is 33.7. The van der Waals surface area contributed by atoms with Crippen LogP contribution in [0.5, 0.6) is 5.75 Å². The van der Waals surface area contributed by atoms with Gasteiger partial charge in [-0.2, -0.15) is 0 Å². The molecule has 1 aromatic heterocycles. The Morgan fingerprint density at radius 2 is 2.09 bits per heavy atom. The van der Waals surface area contributed by atoms with Crippen LogP contribution in [-0.2, 0) is 6.42 Å². The van der Waals surface area contributed by atoms with Crippen LogP contribution in [0, 0.1) is 5.92 Å². The average Bonchev–Trinajstić information content (AvgIpc) is 3.22. The lowest BCUT2D eigenvalue weighted by atomic mass is 10.0. The molecule has 3 atom stereocenters. The molecule has 1 aliphatic carbocycles. The van der Waals surface area contributed by atoms with Crippen LogP contribution >= 0.6 is 22.9 Å². The lowest BCUT2D eigenvalue weighted by Gasteiger charge is -2.27. The monoisotopic (exact) mass is 479 g/mol. The number of hydrogen-bond donors (Lipinski definition) is 1. The van der Waals surface area contributed by atoms with Crippen LogP contribution in [0.25, 0.3) is 10.4 Å². The fraction of sp³-hybridized carbons (Fsp3) is 0.320. The molecule has 3 aromatic rings. The lowest BCUT2D eigenvalue weighted by Crippen LogP contribution is -2.45. The van der Waals surface area contributed by atoms with Gasteiger partial charge in [-0.25, -0.2) is 4.98 Å². The summed E-state index contributed by atoms with van der Waals surface area (Å²) in [5.41, 5.74) is 4.69. The summed E-state index contributed by atoms with van der Waals surface area (Å²) in [5.74, 6) is 1.13. The Kier molecular flexibility index (Phi) is 5.11. The first kappa shape index (κ1) is 20.7. The fourth-order valence-electron chi connectivity index (χ4n) is 5.15. The van der Waals surface area contributed by atoms with Crippen molar-refractivity contribution < 1.29 is 14.3 Å². The number of rotatable bonds is 5. The van der Waals surface area contributed by atoms with Gasteiger partial charge >= 0.3 is 0 Å². The molecule has 0 radical (unpaired) electrons. The second-order valence-electron chi connectivity index (χ2n) is 8.80. The minimum absolute atomic E-state index is 0.0351. The number of piperidine rings is 1. The van der Waals surface area contributed by atoms with Crippen molar-refractivity contribution in [3.8, 4) is 16.2 Å². The minimum Gasteiger partial charge on any atom is -0.493 e. The molecular weight excluding hydrogens is 458 g/mol. The highest BCUT2D eigenvalue weighted by Crippen LogP contribution is 2.48.